The normalized spacial score (nSPS) is 35.9. The largest absolute Gasteiger partial charge is 0.399 e. The van der Waals surface area contributed by atoms with Gasteiger partial charge in [0.2, 0.25) is 0 Å². The zero-order valence-electron chi connectivity index (χ0n) is 16.0. The maximum atomic E-state index is 6.19. The highest BCUT2D eigenvalue weighted by Crippen LogP contribution is 2.32. The minimum Gasteiger partial charge on any atom is -0.399 e. The second kappa shape index (κ2) is 8.26. The van der Waals surface area contributed by atoms with Crippen LogP contribution < -0.4 is 5.73 Å². The molecule has 154 valence electrons. The molecule has 1 aromatic rings. The summed E-state index contributed by atoms with van der Waals surface area (Å²) < 4.78 is 32.6. The number of benzene rings is 1. The molecular weight excluding hydrogens is 362 g/mol. The number of nitrogen functional groups attached to an aromatic ring is 1. The molecule has 0 amide bonds. The number of ether oxygens (including phenoxy) is 6. The van der Waals surface area contributed by atoms with E-state index in [0.717, 1.165) is 58.0 Å². The average molecular weight is 391 g/mol. The van der Waals surface area contributed by atoms with Crippen LogP contribution in [0.3, 0.4) is 0 Å². The number of hydrogen-bond acceptors (Lipinski definition) is 7. The van der Waals surface area contributed by atoms with Gasteiger partial charge in [-0.15, -0.1) is 0 Å². The summed E-state index contributed by atoms with van der Waals surface area (Å²) in [6, 6.07) is 7.96. The van der Waals surface area contributed by atoms with Crippen LogP contribution in [0.5, 0.6) is 0 Å². The maximum Gasteiger partial charge on any atom is 0.107 e. The van der Waals surface area contributed by atoms with E-state index in [1.54, 1.807) is 0 Å². The molecule has 0 bridgehead atoms. The molecule has 0 radical (unpaired) electrons. The summed E-state index contributed by atoms with van der Waals surface area (Å²) in [6.07, 6.45) is 5.07. The number of nitrogens with two attached hydrogens (primary N) is 1. The molecule has 5 saturated heterocycles. The molecule has 7 nitrogen and oxygen atoms in total. The zero-order valence-corrected chi connectivity index (χ0v) is 16.0. The quantitative estimate of drug-likeness (QED) is 0.474. The molecule has 5 aliphatic rings. The van der Waals surface area contributed by atoms with Gasteiger partial charge in [0, 0.05) is 24.9 Å². The summed E-state index contributed by atoms with van der Waals surface area (Å²) in [5, 5.41) is 0. The minimum absolute atomic E-state index is 0.176. The van der Waals surface area contributed by atoms with E-state index >= 15 is 0 Å². The average Bonchev–Trinajstić information content (AvgIpc) is 3.48. The lowest BCUT2D eigenvalue weighted by Gasteiger charge is -2.22. The fourth-order valence-corrected chi connectivity index (χ4v) is 3.45. The second-order valence-electron chi connectivity index (χ2n) is 8.24. The lowest BCUT2D eigenvalue weighted by atomic mass is 10.1. The Morgan fingerprint density at radius 2 is 1.36 bits per heavy atom. The summed E-state index contributed by atoms with van der Waals surface area (Å²) in [5.74, 6) is 0. The number of rotatable bonds is 10. The van der Waals surface area contributed by atoms with E-state index in [9.17, 15) is 0 Å². The van der Waals surface area contributed by atoms with E-state index in [4.69, 9.17) is 34.2 Å². The molecule has 7 atom stereocenters. The Morgan fingerprint density at radius 3 is 1.79 bits per heavy atom. The third kappa shape index (κ3) is 6.14. The van der Waals surface area contributed by atoms with Crippen LogP contribution in [0, 0.1) is 0 Å². The van der Waals surface area contributed by atoms with Gasteiger partial charge >= 0.3 is 0 Å². The fraction of sp³-hybridized carbons (Fsp3) is 0.714. The summed E-state index contributed by atoms with van der Waals surface area (Å²) in [5.41, 5.74) is 7.72. The van der Waals surface area contributed by atoms with Gasteiger partial charge in [-0.1, -0.05) is 12.1 Å². The van der Waals surface area contributed by atoms with E-state index in [0.29, 0.717) is 18.3 Å². The second-order valence-corrected chi connectivity index (χ2v) is 8.24. The predicted molar refractivity (Wildman–Crippen MR) is 101 cm³/mol. The summed E-state index contributed by atoms with van der Waals surface area (Å²) in [7, 11) is 0. The van der Waals surface area contributed by atoms with Crippen molar-refractivity contribution in [1.29, 1.82) is 0 Å². The van der Waals surface area contributed by atoms with Gasteiger partial charge in [-0.05, 0) is 17.7 Å². The number of anilines is 1. The van der Waals surface area contributed by atoms with Gasteiger partial charge in [0.05, 0.1) is 63.6 Å². The van der Waals surface area contributed by atoms with Crippen molar-refractivity contribution in [3.8, 4) is 0 Å². The van der Waals surface area contributed by atoms with Crippen LogP contribution in [0.25, 0.3) is 0 Å². The first-order chi connectivity index (χ1) is 13.7. The van der Waals surface area contributed by atoms with E-state index in [1.807, 2.05) is 18.2 Å². The molecule has 1 aromatic carbocycles. The van der Waals surface area contributed by atoms with Crippen molar-refractivity contribution in [3.63, 3.8) is 0 Å². The van der Waals surface area contributed by atoms with Crippen LogP contribution in [0.2, 0.25) is 0 Å². The topological polar surface area (TPSA) is 97.9 Å². The van der Waals surface area contributed by atoms with Gasteiger partial charge in [0.15, 0.2) is 0 Å². The monoisotopic (exact) mass is 391 g/mol. The van der Waals surface area contributed by atoms with Gasteiger partial charge in [-0.25, -0.2) is 0 Å². The van der Waals surface area contributed by atoms with Crippen molar-refractivity contribution in [2.45, 2.75) is 62.0 Å². The van der Waals surface area contributed by atoms with E-state index in [1.165, 1.54) is 5.56 Å². The highest BCUT2D eigenvalue weighted by molar-refractivity contribution is 5.40. The molecule has 7 unspecified atom stereocenters. The number of epoxide rings is 5. The lowest BCUT2D eigenvalue weighted by Crippen LogP contribution is -2.32. The standard InChI is InChI=1S/C12H18O5.C9H11NO/c1(7-3-13-7)9(11-5-15-11)17-10(12-6-16-12)2-8-4-14-8;10-8-3-1-2-7(4-8)5-9-6-11-9/h7-12H,1-6H2;1-4,9H,5-6,10H2. The first-order valence-electron chi connectivity index (χ1n) is 10.3. The molecule has 2 N–H and O–H groups in total. The smallest absolute Gasteiger partial charge is 0.107 e. The Kier molecular flexibility index (Phi) is 5.54. The van der Waals surface area contributed by atoms with Crippen LogP contribution in [-0.2, 0) is 34.8 Å². The Balaban J connectivity index is 0.000000135. The molecule has 0 saturated carbocycles. The molecule has 0 spiro atoms. The van der Waals surface area contributed by atoms with Crippen LogP contribution >= 0.6 is 0 Å². The minimum atomic E-state index is 0.176. The van der Waals surface area contributed by atoms with Gasteiger partial charge < -0.3 is 34.2 Å². The number of hydrogen-bond donors (Lipinski definition) is 1. The van der Waals surface area contributed by atoms with E-state index in [2.05, 4.69) is 6.07 Å². The SMILES string of the molecule is C1OC1CC(OC(CC1CO1)C1CO1)C1CO1.Nc1cccc(CC2CO2)c1. The van der Waals surface area contributed by atoms with Gasteiger partial charge in [0.1, 0.15) is 12.2 Å². The van der Waals surface area contributed by atoms with Crippen molar-refractivity contribution in [3.05, 3.63) is 29.8 Å². The van der Waals surface area contributed by atoms with E-state index in [-0.39, 0.29) is 24.4 Å². The Labute approximate surface area is 165 Å². The van der Waals surface area contributed by atoms with E-state index < -0.39 is 0 Å². The third-order valence-corrected chi connectivity index (χ3v) is 5.51. The first kappa shape index (κ1) is 18.8. The highest BCUT2D eigenvalue weighted by Gasteiger charge is 2.44. The molecule has 0 aliphatic carbocycles. The van der Waals surface area contributed by atoms with Gasteiger partial charge in [-0.3, -0.25) is 0 Å². The van der Waals surface area contributed by atoms with Crippen LogP contribution in [0.1, 0.15) is 18.4 Å². The summed E-state index contributed by atoms with van der Waals surface area (Å²) in [4.78, 5) is 0. The van der Waals surface area contributed by atoms with Crippen LogP contribution in [0.15, 0.2) is 24.3 Å². The molecule has 28 heavy (non-hydrogen) atoms. The molecule has 5 heterocycles. The van der Waals surface area contributed by atoms with Gasteiger partial charge in [0.25, 0.3) is 0 Å². The van der Waals surface area contributed by atoms with Crippen LogP contribution in [-0.4, -0.2) is 75.8 Å². The Morgan fingerprint density at radius 1 is 0.821 bits per heavy atom. The summed E-state index contributed by atoms with van der Waals surface area (Å²) >= 11 is 0. The maximum absolute atomic E-state index is 6.19. The molecule has 5 aliphatic heterocycles. The molecule has 5 fully saturated rings. The van der Waals surface area contributed by atoms with Crippen molar-refractivity contribution in [1.82, 2.24) is 0 Å². The Hall–Kier alpha value is -1.22. The van der Waals surface area contributed by atoms with Crippen molar-refractivity contribution in [2.75, 3.05) is 38.8 Å². The summed E-state index contributed by atoms with van der Waals surface area (Å²) in [6.45, 7) is 4.33. The first-order valence-corrected chi connectivity index (χ1v) is 10.3. The Bertz CT molecular complexity index is 624. The van der Waals surface area contributed by atoms with Crippen molar-refractivity contribution in [2.24, 2.45) is 0 Å². The molecule has 0 aromatic heterocycles. The highest BCUT2D eigenvalue weighted by atomic mass is 16.6. The predicted octanol–water partition coefficient (Wildman–Crippen LogP) is 1.33. The fourth-order valence-electron chi connectivity index (χ4n) is 3.45. The van der Waals surface area contributed by atoms with Gasteiger partial charge in [-0.2, -0.15) is 0 Å². The van der Waals surface area contributed by atoms with Crippen molar-refractivity contribution < 1.29 is 28.4 Å². The molecule has 6 rings (SSSR count). The molecular formula is C21H29NO6. The molecule has 7 heteroatoms. The zero-order chi connectivity index (χ0) is 18.9. The lowest BCUT2D eigenvalue weighted by molar-refractivity contribution is -0.0500. The van der Waals surface area contributed by atoms with Crippen molar-refractivity contribution >= 4 is 5.69 Å². The third-order valence-electron chi connectivity index (χ3n) is 5.51. The van der Waals surface area contributed by atoms with Crippen LogP contribution in [0.4, 0.5) is 5.69 Å².